The predicted octanol–water partition coefficient (Wildman–Crippen LogP) is 2.54. The van der Waals surface area contributed by atoms with Crippen LogP contribution in [0.15, 0.2) is 12.1 Å². The molecule has 1 aromatic carbocycles. The number of nitrogens with zero attached hydrogens (tertiary/aromatic N) is 1. The number of rotatable bonds is 1. The Balaban J connectivity index is 1.79. The van der Waals surface area contributed by atoms with Gasteiger partial charge < -0.3 is 14.4 Å². The molecule has 3 aliphatic rings. The van der Waals surface area contributed by atoms with E-state index >= 15 is 0 Å². The van der Waals surface area contributed by atoms with Crippen molar-refractivity contribution in [1.82, 2.24) is 4.90 Å². The highest BCUT2D eigenvalue weighted by molar-refractivity contribution is 5.81. The summed E-state index contributed by atoms with van der Waals surface area (Å²) in [5.41, 5.74) is 0.513. The fourth-order valence-electron chi connectivity index (χ4n) is 4.20. The smallest absolute Gasteiger partial charge is 0.397 e. The van der Waals surface area contributed by atoms with Crippen molar-refractivity contribution in [3.63, 3.8) is 0 Å². The van der Waals surface area contributed by atoms with Gasteiger partial charge in [0.25, 0.3) is 0 Å². The molecule has 6 heteroatoms. The van der Waals surface area contributed by atoms with Crippen LogP contribution in [-0.2, 0) is 10.2 Å². The number of ether oxygens (including phenoxy) is 2. The molecule has 0 bridgehead atoms. The zero-order valence-corrected chi connectivity index (χ0v) is 12.3. The molecule has 0 amide bonds. The normalized spacial score (nSPS) is 34.0. The molecule has 1 aromatic rings. The lowest BCUT2D eigenvalue weighted by Gasteiger charge is -2.41. The highest BCUT2D eigenvalue weighted by Crippen LogP contribution is 2.50. The van der Waals surface area contributed by atoms with Crippen LogP contribution in [0.3, 0.4) is 0 Å². The van der Waals surface area contributed by atoms with Crippen molar-refractivity contribution < 1.29 is 23.0 Å². The third-order valence-electron chi connectivity index (χ3n) is 5.37. The largest absolute Gasteiger partial charge is 0.425 e. The van der Waals surface area contributed by atoms with Gasteiger partial charge in [0.2, 0.25) is 5.75 Å². The molecular weight excluding hydrogens is 292 g/mol. The minimum absolute atomic E-state index is 0.0645. The molecule has 1 saturated heterocycles. The van der Waals surface area contributed by atoms with E-state index in [-0.39, 0.29) is 28.7 Å². The Bertz CT molecular complexity index is 651. The number of fused-ring (bicyclic) bond motifs is 2. The molecule has 2 fully saturated rings. The first-order chi connectivity index (χ1) is 10.5. The number of hydrogen-bond donors (Lipinski definition) is 0. The third kappa shape index (κ3) is 1.86. The second-order valence-electron chi connectivity index (χ2n) is 6.44. The standard InChI is InChI=1S/C16H17F2NO3/c1-19-5-4-16(3-2-10(20)8-13(16)19)9-6-11(17)14-12(7-9)21-15(18)22-14/h6-7,13,15H,2-5,8H2,1H3/t13-,15-,16-/m0/s1. The van der Waals surface area contributed by atoms with Crippen molar-refractivity contribution >= 4 is 5.78 Å². The number of alkyl halides is 1. The van der Waals surface area contributed by atoms with Crippen LogP contribution in [0.4, 0.5) is 8.78 Å². The van der Waals surface area contributed by atoms with E-state index in [4.69, 9.17) is 9.47 Å². The van der Waals surface area contributed by atoms with E-state index < -0.39 is 12.4 Å². The average Bonchev–Trinajstić information content (AvgIpc) is 3.01. The number of benzene rings is 1. The maximum atomic E-state index is 14.3. The van der Waals surface area contributed by atoms with Gasteiger partial charge in [-0.2, -0.15) is 4.39 Å². The quantitative estimate of drug-likeness (QED) is 0.799. The van der Waals surface area contributed by atoms with Crippen LogP contribution in [0.25, 0.3) is 0 Å². The van der Waals surface area contributed by atoms with E-state index in [0.29, 0.717) is 19.3 Å². The number of Topliss-reactive ketones (excluding diaryl/α,β-unsaturated/α-hetero) is 1. The Hall–Kier alpha value is -1.69. The minimum Gasteiger partial charge on any atom is -0.425 e. The van der Waals surface area contributed by atoms with E-state index in [2.05, 4.69) is 4.90 Å². The van der Waals surface area contributed by atoms with Crippen molar-refractivity contribution in [2.24, 2.45) is 0 Å². The monoisotopic (exact) mass is 309 g/mol. The molecule has 0 unspecified atom stereocenters. The summed E-state index contributed by atoms with van der Waals surface area (Å²) in [5, 5.41) is 0. The summed E-state index contributed by atoms with van der Waals surface area (Å²) in [7, 11) is 1.99. The van der Waals surface area contributed by atoms with E-state index in [1.807, 2.05) is 7.05 Å². The Morgan fingerprint density at radius 3 is 2.95 bits per heavy atom. The first kappa shape index (κ1) is 13.9. The fourth-order valence-corrected chi connectivity index (χ4v) is 4.20. The van der Waals surface area contributed by atoms with Gasteiger partial charge in [-0.05, 0) is 44.1 Å². The average molecular weight is 309 g/mol. The summed E-state index contributed by atoms with van der Waals surface area (Å²) in [6.45, 7) is -1.09. The molecular formula is C16H17F2NO3. The number of ketones is 1. The Kier molecular flexibility index (Phi) is 2.95. The first-order valence-electron chi connectivity index (χ1n) is 7.53. The summed E-state index contributed by atoms with van der Waals surface area (Å²) in [6.07, 6.45) is 2.54. The van der Waals surface area contributed by atoms with Gasteiger partial charge in [0.15, 0.2) is 11.6 Å². The van der Waals surface area contributed by atoms with Crippen molar-refractivity contribution in [3.8, 4) is 11.5 Å². The van der Waals surface area contributed by atoms with Crippen LogP contribution >= 0.6 is 0 Å². The molecule has 0 N–H and O–H groups in total. The molecule has 3 atom stereocenters. The molecule has 22 heavy (non-hydrogen) atoms. The summed E-state index contributed by atoms with van der Waals surface area (Å²) in [4.78, 5) is 14.0. The number of hydrogen-bond acceptors (Lipinski definition) is 4. The molecule has 118 valence electrons. The van der Waals surface area contributed by atoms with E-state index in [0.717, 1.165) is 18.5 Å². The Labute approximate surface area is 127 Å². The second-order valence-corrected chi connectivity index (χ2v) is 6.44. The summed E-state index contributed by atoms with van der Waals surface area (Å²) in [5.74, 6) is -0.406. The van der Waals surface area contributed by atoms with Gasteiger partial charge in [-0.15, -0.1) is 0 Å². The van der Waals surface area contributed by atoms with Gasteiger partial charge in [0.1, 0.15) is 5.78 Å². The van der Waals surface area contributed by atoms with Gasteiger partial charge in [0.05, 0.1) is 0 Å². The maximum absolute atomic E-state index is 14.3. The molecule has 1 aliphatic carbocycles. The van der Waals surface area contributed by atoms with Crippen LogP contribution in [0.5, 0.6) is 11.5 Å². The molecule has 0 spiro atoms. The molecule has 0 aromatic heterocycles. The first-order valence-corrected chi connectivity index (χ1v) is 7.53. The number of likely N-dealkylation sites (N-methyl/N-ethyl adjacent to an activating group) is 1. The zero-order chi connectivity index (χ0) is 15.5. The van der Waals surface area contributed by atoms with Gasteiger partial charge in [0, 0.05) is 24.3 Å². The van der Waals surface area contributed by atoms with Crippen LogP contribution in [0, 0.1) is 5.82 Å². The van der Waals surface area contributed by atoms with Crippen LogP contribution in [0.2, 0.25) is 0 Å². The van der Waals surface area contributed by atoms with Crippen LogP contribution in [-0.4, -0.2) is 36.9 Å². The topological polar surface area (TPSA) is 38.8 Å². The molecule has 2 aliphatic heterocycles. The summed E-state index contributed by atoms with van der Waals surface area (Å²) >= 11 is 0. The lowest BCUT2D eigenvalue weighted by atomic mass is 9.66. The number of carbonyl (C=O) groups excluding carboxylic acids is 1. The summed E-state index contributed by atoms with van der Waals surface area (Å²) < 4.78 is 37.0. The number of carbonyl (C=O) groups is 1. The minimum atomic E-state index is -1.95. The van der Waals surface area contributed by atoms with E-state index in [1.165, 1.54) is 6.07 Å². The Morgan fingerprint density at radius 1 is 1.32 bits per heavy atom. The van der Waals surface area contributed by atoms with E-state index in [9.17, 15) is 13.6 Å². The van der Waals surface area contributed by atoms with Crippen LogP contribution < -0.4 is 9.47 Å². The number of likely N-dealkylation sites (tertiary alicyclic amines) is 1. The lowest BCUT2D eigenvalue weighted by Crippen LogP contribution is -2.46. The van der Waals surface area contributed by atoms with Crippen molar-refractivity contribution in [2.75, 3.05) is 13.6 Å². The Morgan fingerprint density at radius 2 is 2.14 bits per heavy atom. The second kappa shape index (κ2) is 4.65. The fraction of sp³-hybridized carbons (Fsp3) is 0.562. The third-order valence-corrected chi connectivity index (χ3v) is 5.37. The predicted molar refractivity (Wildman–Crippen MR) is 74.1 cm³/mol. The van der Waals surface area contributed by atoms with Gasteiger partial charge in [-0.1, -0.05) is 0 Å². The molecule has 4 nitrogen and oxygen atoms in total. The molecule has 2 heterocycles. The summed E-state index contributed by atoms with van der Waals surface area (Å²) in [6, 6.07) is 3.16. The van der Waals surface area contributed by atoms with Crippen LogP contribution in [0.1, 0.15) is 31.2 Å². The molecule has 4 rings (SSSR count). The van der Waals surface area contributed by atoms with Gasteiger partial charge in [-0.25, -0.2) is 4.39 Å². The molecule has 0 radical (unpaired) electrons. The highest BCUT2D eigenvalue weighted by atomic mass is 19.2. The van der Waals surface area contributed by atoms with Gasteiger partial charge >= 0.3 is 6.54 Å². The highest BCUT2D eigenvalue weighted by Gasteiger charge is 2.51. The van der Waals surface area contributed by atoms with Crippen molar-refractivity contribution in [3.05, 3.63) is 23.5 Å². The van der Waals surface area contributed by atoms with E-state index in [1.54, 1.807) is 6.07 Å². The van der Waals surface area contributed by atoms with Crippen molar-refractivity contribution in [2.45, 2.75) is 43.7 Å². The SMILES string of the molecule is CN1CC[C@]2(c3cc(F)c4c(c3)O[C@H](F)O4)CCC(=O)C[C@H]12. The zero-order valence-electron chi connectivity index (χ0n) is 12.3. The number of halogens is 2. The van der Waals surface area contributed by atoms with Gasteiger partial charge in [-0.3, -0.25) is 4.79 Å². The maximum Gasteiger partial charge on any atom is 0.397 e. The molecule has 1 saturated carbocycles. The van der Waals surface area contributed by atoms with Crippen molar-refractivity contribution in [1.29, 1.82) is 0 Å². The lowest BCUT2D eigenvalue weighted by molar-refractivity contribution is -0.122.